The maximum Gasteiger partial charge on any atom is 0.273 e. The molecule has 3 rings (SSSR count). The summed E-state index contributed by atoms with van der Waals surface area (Å²) in [6, 6.07) is 11.0. The Morgan fingerprint density at radius 2 is 1.88 bits per heavy atom. The van der Waals surface area contributed by atoms with E-state index < -0.39 is 0 Å². The van der Waals surface area contributed by atoms with E-state index in [9.17, 15) is 10.1 Å². The van der Waals surface area contributed by atoms with Gasteiger partial charge in [-0.2, -0.15) is 0 Å². The van der Waals surface area contributed by atoms with Crippen LogP contribution in [0.5, 0.6) is 0 Å². The number of nitro groups is 1. The van der Waals surface area contributed by atoms with Gasteiger partial charge in [-0.05, 0) is 30.9 Å². The van der Waals surface area contributed by atoms with E-state index in [4.69, 9.17) is 0 Å². The zero-order chi connectivity index (χ0) is 16.8. The van der Waals surface area contributed by atoms with Crippen LogP contribution in [0.2, 0.25) is 0 Å². The monoisotopic (exact) mass is 326 g/mol. The van der Waals surface area contributed by atoms with Gasteiger partial charge < -0.3 is 10.2 Å². The fraction of sp³-hybridized carbons (Fsp3) is 0.389. The number of benzene rings is 1. The molecular formula is C18H22N4O2. The molecular weight excluding hydrogens is 304 g/mol. The molecule has 0 atom stereocenters. The normalized spacial score (nSPS) is 14.6. The third-order valence-electron chi connectivity index (χ3n) is 4.32. The standard InChI is InChI=1S/C18H22N4O2/c23-22(24)17-7-3-2-6-16(17)14-19-12-15-8-9-18(20-13-15)21-10-4-1-5-11-21/h2-3,6-9,13,19H,1,4-5,10-12,14H2. The summed E-state index contributed by atoms with van der Waals surface area (Å²) in [7, 11) is 0. The minimum atomic E-state index is -0.341. The topological polar surface area (TPSA) is 71.3 Å². The van der Waals surface area contributed by atoms with Crippen LogP contribution < -0.4 is 10.2 Å². The number of nitro benzene ring substituents is 1. The van der Waals surface area contributed by atoms with Crippen molar-refractivity contribution in [1.82, 2.24) is 10.3 Å². The molecule has 1 aliphatic rings. The van der Waals surface area contributed by atoms with Gasteiger partial charge in [-0.25, -0.2) is 4.98 Å². The summed E-state index contributed by atoms with van der Waals surface area (Å²) in [5.74, 6) is 1.04. The van der Waals surface area contributed by atoms with E-state index in [1.165, 1.54) is 25.3 Å². The van der Waals surface area contributed by atoms with Crippen LogP contribution in [0.25, 0.3) is 0 Å². The van der Waals surface area contributed by atoms with Crippen molar-refractivity contribution in [1.29, 1.82) is 0 Å². The smallest absolute Gasteiger partial charge is 0.273 e. The van der Waals surface area contributed by atoms with Crippen molar-refractivity contribution in [3.8, 4) is 0 Å². The highest BCUT2D eigenvalue weighted by molar-refractivity contribution is 5.40. The van der Waals surface area contributed by atoms with Crippen LogP contribution in [0, 0.1) is 10.1 Å². The maximum atomic E-state index is 11.0. The first-order valence-corrected chi connectivity index (χ1v) is 8.37. The van der Waals surface area contributed by atoms with Crippen molar-refractivity contribution in [3.63, 3.8) is 0 Å². The molecule has 1 aromatic heterocycles. The molecule has 0 bridgehead atoms. The lowest BCUT2D eigenvalue weighted by atomic mass is 10.1. The Morgan fingerprint density at radius 1 is 1.08 bits per heavy atom. The van der Waals surface area contributed by atoms with E-state index in [1.54, 1.807) is 12.1 Å². The third-order valence-corrected chi connectivity index (χ3v) is 4.32. The van der Waals surface area contributed by atoms with E-state index in [2.05, 4.69) is 27.3 Å². The lowest BCUT2D eigenvalue weighted by molar-refractivity contribution is -0.385. The summed E-state index contributed by atoms with van der Waals surface area (Å²) >= 11 is 0. The Bertz CT molecular complexity index is 682. The summed E-state index contributed by atoms with van der Waals surface area (Å²) < 4.78 is 0. The number of hydrogen-bond acceptors (Lipinski definition) is 5. The zero-order valence-corrected chi connectivity index (χ0v) is 13.6. The van der Waals surface area contributed by atoms with Gasteiger partial charge in [0.15, 0.2) is 0 Å². The minimum Gasteiger partial charge on any atom is -0.357 e. The highest BCUT2D eigenvalue weighted by Gasteiger charge is 2.13. The molecule has 0 saturated carbocycles. The molecule has 0 unspecified atom stereocenters. The molecule has 2 heterocycles. The molecule has 1 saturated heterocycles. The third kappa shape index (κ3) is 4.08. The summed E-state index contributed by atoms with van der Waals surface area (Å²) in [6.07, 6.45) is 5.67. The average Bonchev–Trinajstić information content (AvgIpc) is 2.63. The number of para-hydroxylation sites is 1. The van der Waals surface area contributed by atoms with Crippen molar-refractivity contribution in [2.24, 2.45) is 0 Å². The van der Waals surface area contributed by atoms with E-state index >= 15 is 0 Å². The van der Waals surface area contributed by atoms with Crippen molar-refractivity contribution >= 4 is 11.5 Å². The van der Waals surface area contributed by atoms with Crippen molar-refractivity contribution in [2.75, 3.05) is 18.0 Å². The molecule has 0 spiro atoms. The van der Waals surface area contributed by atoms with Gasteiger partial charge in [0.2, 0.25) is 0 Å². The van der Waals surface area contributed by atoms with Crippen LogP contribution in [0.4, 0.5) is 11.5 Å². The number of rotatable bonds is 6. The van der Waals surface area contributed by atoms with Crippen LogP contribution in [0.1, 0.15) is 30.4 Å². The number of anilines is 1. The highest BCUT2D eigenvalue weighted by Crippen LogP contribution is 2.19. The summed E-state index contributed by atoms with van der Waals surface area (Å²) in [5, 5.41) is 14.3. The predicted octanol–water partition coefficient (Wildman–Crippen LogP) is 3.27. The largest absolute Gasteiger partial charge is 0.357 e. The quantitative estimate of drug-likeness (QED) is 0.651. The van der Waals surface area contributed by atoms with Gasteiger partial charge in [-0.1, -0.05) is 24.3 Å². The summed E-state index contributed by atoms with van der Waals surface area (Å²) in [5.41, 5.74) is 1.93. The molecule has 1 fully saturated rings. The predicted molar refractivity (Wildman–Crippen MR) is 93.9 cm³/mol. The lowest BCUT2D eigenvalue weighted by Crippen LogP contribution is -2.30. The van der Waals surface area contributed by atoms with Crippen LogP contribution in [0.15, 0.2) is 42.6 Å². The van der Waals surface area contributed by atoms with E-state index in [-0.39, 0.29) is 10.6 Å². The van der Waals surface area contributed by atoms with Gasteiger partial charge in [0.25, 0.3) is 5.69 Å². The van der Waals surface area contributed by atoms with Gasteiger partial charge >= 0.3 is 0 Å². The Hall–Kier alpha value is -2.47. The van der Waals surface area contributed by atoms with Crippen LogP contribution in [-0.4, -0.2) is 23.0 Å². The van der Waals surface area contributed by atoms with E-state index in [0.717, 1.165) is 24.5 Å². The summed E-state index contributed by atoms with van der Waals surface area (Å²) in [4.78, 5) is 17.5. The highest BCUT2D eigenvalue weighted by atomic mass is 16.6. The maximum absolute atomic E-state index is 11.0. The van der Waals surface area contributed by atoms with E-state index in [0.29, 0.717) is 18.7 Å². The Kier molecular flexibility index (Phi) is 5.38. The number of nitrogens with one attached hydrogen (secondary N) is 1. The summed E-state index contributed by atoms with van der Waals surface area (Å²) in [6.45, 7) is 3.27. The number of pyridine rings is 1. The van der Waals surface area contributed by atoms with Crippen LogP contribution in [-0.2, 0) is 13.1 Å². The molecule has 0 amide bonds. The first-order chi connectivity index (χ1) is 11.7. The molecule has 6 heteroatoms. The second-order valence-corrected chi connectivity index (χ2v) is 6.06. The van der Waals surface area contributed by atoms with Gasteiger partial charge in [0, 0.05) is 44.0 Å². The molecule has 0 radical (unpaired) electrons. The molecule has 1 aliphatic heterocycles. The van der Waals surface area contributed by atoms with Crippen molar-refractivity contribution < 1.29 is 4.92 Å². The van der Waals surface area contributed by atoms with Crippen molar-refractivity contribution in [2.45, 2.75) is 32.4 Å². The number of aromatic nitrogens is 1. The molecule has 6 nitrogen and oxygen atoms in total. The fourth-order valence-electron chi connectivity index (χ4n) is 3.01. The minimum absolute atomic E-state index is 0.156. The van der Waals surface area contributed by atoms with E-state index in [1.807, 2.05) is 12.3 Å². The second-order valence-electron chi connectivity index (χ2n) is 6.06. The van der Waals surface area contributed by atoms with Gasteiger partial charge in [0.1, 0.15) is 5.82 Å². The number of nitrogens with zero attached hydrogens (tertiary/aromatic N) is 3. The van der Waals surface area contributed by atoms with Crippen LogP contribution >= 0.6 is 0 Å². The van der Waals surface area contributed by atoms with Crippen LogP contribution in [0.3, 0.4) is 0 Å². The Labute approximate surface area is 141 Å². The number of hydrogen-bond donors (Lipinski definition) is 1. The number of piperidine rings is 1. The van der Waals surface area contributed by atoms with Crippen molar-refractivity contribution in [3.05, 3.63) is 63.8 Å². The molecule has 1 aromatic carbocycles. The molecule has 2 aromatic rings. The Morgan fingerprint density at radius 3 is 2.58 bits per heavy atom. The fourth-order valence-corrected chi connectivity index (χ4v) is 3.01. The molecule has 126 valence electrons. The first kappa shape index (κ1) is 16.4. The Balaban J connectivity index is 1.54. The lowest BCUT2D eigenvalue weighted by Gasteiger charge is -2.27. The average molecular weight is 326 g/mol. The molecule has 1 N–H and O–H groups in total. The first-order valence-electron chi connectivity index (χ1n) is 8.37. The SMILES string of the molecule is O=[N+]([O-])c1ccccc1CNCc1ccc(N2CCCCC2)nc1. The van der Waals surface area contributed by atoms with Gasteiger partial charge in [-0.15, -0.1) is 0 Å². The second kappa shape index (κ2) is 7.88. The molecule has 24 heavy (non-hydrogen) atoms. The van der Waals surface area contributed by atoms with Gasteiger partial charge in [0.05, 0.1) is 4.92 Å². The van der Waals surface area contributed by atoms with Gasteiger partial charge in [-0.3, -0.25) is 10.1 Å². The molecule has 0 aliphatic carbocycles. The zero-order valence-electron chi connectivity index (χ0n) is 13.6.